The summed E-state index contributed by atoms with van der Waals surface area (Å²) < 4.78 is 5.28. The van der Waals surface area contributed by atoms with Crippen LogP contribution in [0.5, 0.6) is 0 Å². The number of ether oxygens (including phenoxy) is 1. The van der Waals surface area contributed by atoms with Gasteiger partial charge in [-0.15, -0.1) is 0 Å². The Hall–Kier alpha value is -1.59. The highest BCUT2D eigenvalue weighted by molar-refractivity contribution is 6.34. The zero-order valence-electron chi connectivity index (χ0n) is 12.7. The second-order valence-corrected chi connectivity index (χ2v) is 6.24. The van der Waals surface area contributed by atoms with E-state index in [0.29, 0.717) is 36.6 Å². The summed E-state index contributed by atoms with van der Waals surface area (Å²) in [5.41, 5.74) is 1.58. The van der Waals surface area contributed by atoms with Crippen molar-refractivity contribution < 1.29 is 19.4 Å². The lowest BCUT2D eigenvalue weighted by Gasteiger charge is -2.37. The van der Waals surface area contributed by atoms with E-state index in [4.69, 9.17) is 21.4 Å². The molecule has 0 radical (unpaired) electrons. The molecule has 6 heteroatoms. The van der Waals surface area contributed by atoms with Gasteiger partial charge in [-0.25, -0.2) is 0 Å². The van der Waals surface area contributed by atoms with Crippen LogP contribution in [0.15, 0.2) is 12.1 Å². The van der Waals surface area contributed by atoms with Gasteiger partial charge in [0, 0.05) is 13.2 Å². The average Bonchev–Trinajstić information content (AvgIpc) is 2.42. The summed E-state index contributed by atoms with van der Waals surface area (Å²) in [5, 5.41) is 12.4. The second-order valence-electron chi connectivity index (χ2n) is 5.83. The molecule has 0 bridgehead atoms. The van der Waals surface area contributed by atoms with Crippen LogP contribution in [0.2, 0.25) is 5.02 Å². The predicted octanol–water partition coefficient (Wildman–Crippen LogP) is 2.71. The van der Waals surface area contributed by atoms with Gasteiger partial charge in [0.15, 0.2) is 0 Å². The Morgan fingerprint density at radius 3 is 2.45 bits per heavy atom. The molecule has 5 nitrogen and oxygen atoms in total. The number of carboxylic acids is 1. The molecule has 2 rings (SSSR count). The summed E-state index contributed by atoms with van der Waals surface area (Å²) in [6, 6.07) is 3.49. The Bertz CT molecular complexity index is 594. The van der Waals surface area contributed by atoms with Gasteiger partial charge in [0.25, 0.3) is 5.91 Å². The van der Waals surface area contributed by atoms with Gasteiger partial charge in [0.05, 0.1) is 22.5 Å². The minimum Gasteiger partial charge on any atom is -0.481 e. The minimum absolute atomic E-state index is 0.120. The van der Waals surface area contributed by atoms with E-state index in [0.717, 1.165) is 11.1 Å². The van der Waals surface area contributed by atoms with Crippen molar-refractivity contribution in [1.29, 1.82) is 0 Å². The van der Waals surface area contributed by atoms with E-state index in [1.807, 2.05) is 13.8 Å². The number of benzene rings is 1. The number of carbonyl (C=O) groups excluding carboxylic acids is 1. The molecule has 1 aliphatic rings. The van der Waals surface area contributed by atoms with Gasteiger partial charge < -0.3 is 15.2 Å². The third kappa shape index (κ3) is 3.78. The number of carboxylic acid groups (broad SMARTS) is 1. The summed E-state index contributed by atoms with van der Waals surface area (Å²) in [6.07, 6.45) is 0.839. The maximum atomic E-state index is 12.6. The number of amides is 1. The molecule has 0 unspecified atom stereocenters. The molecule has 22 heavy (non-hydrogen) atoms. The molecule has 1 saturated heterocycles. The van der Waals surface area contributed by atoms with Crippen LogP contribution in [0.25, 0.3) is 0 Å². The lowest BCUT2D eigenvalue weighted by Crippen LogP contribution is -2.53. The Kier molecular flexibility index (Phi) is 5.08. The molecule has 1 amide bonds. The molecule has 0 spiro atoms. The summed E-state index contributed by atoms with van der Waals surface area (Å²) in [7, 11) is 0. The maximum Gasteiger partial charge on any atom is 0.305 e. The van der Waals surface area contributed by atoms with Crippen molar-refractivity contribution >= 4 is 23.5 Å². The Morgan fingerprint density at radius 2 is 1.86 bits per heavy atom. The van der Waals surface area contributed by atoms with E-state index >= 15 is 0 Å². The fourth-order valence-corrected chi connectivity index (χ4v) is 2.96. The zero-order chi connectivity index (χ0) is 16.3. The molecule has 2 N–H and O–H groups in total. The van der Waals surface area contributed by atoms with Gasteiger partial charge >= 0.3 is 5.97 Å². The molecule has 1 aromatic rings. The van der Waals surface area contributed by atoms with Crippen molar-refractivity contribution in [1.82, 2.24) is 5.32 Å². The van der Waals surface area contributed by atoms with E-state index in [1.54, 1.807) is 12.1 Å². The van der Waals surface area contributed by atoms with Crippen LogP contribution in [0.3, 0.4) is 0 Å². The smallest absolute Gasteiger partial charge is 0.305 e. The third-order valence-corrected chi connectivity index (χ3v) is 4.46. The van der Waals surface area contributed by atoms with Crippen LogP contribution >= 0.6 is 11.6 Å². The Morgan fingerprint density at radius 1 is 1.27 bits per heavy atom. The number of halogens is 1. The van der Waals surface area contributed by atoms with E-state index in [9.17, 15) is 9.59 Å². The second kappa shape index (κ2) is 6.67. The van der Waals surface area contributed by atoms with Gasteiger partial charge in [-0.3, -0.25) is 9.59 Å². The van der Waals surface area contributed by atoms with E-state index < -0.39 is 11.5 Å². The molecule has 1 aromatic carbocycles. The van der Waals surface area contributed by atoms with Crippen LogP contribution in [0.4, 0.5) is 0 Å². The normalized spacial score (nSPS) is 17.0. The standard InChI is InChI=1S/C16H20ClNO4/c1-10-7-12(13(17)8-11(10)2)15(21)18-16(9-14(19)20)3-5-22-6-4-16/h7-8H,3-6,9H2,1-2H3,(H,18,21)(H,19,20). The summed E-state index contributed by atoms with van der Waals surface area (Å²) >= 11 is 6.16. The minimum atomic E-state index is -0.937. The van der Waals surface area contributed by atoms with Gasteiger partial charge in [0.2, 0.25) is 0 Å². The Labute approximate surface area is 134 Å². The number of aliphatic carboxylic acids is 1. The topological polar surface area (TPSA) is 75.6 Å². The third-order valence-electron chi connectivity index (χ3n) is 4.15. The summed E-state index contributed by atoms with van der Waals surface area (Å²) in [5.74, 6) is -1.27. The highest BCUT2D eigenvalue weighted by Gasteiger charge is 2.37. The van der Waals surface area contributed by atoms with Gasteiger partial charge in [-0.1, -0.05) is 11.6 Å². The van der Waals surface area contributed by atoms with E-state index in [2.05, 4.69) is 5.32 Å². The lowest BCUT2D eigenvalue weighted by atomic mass is 9.86. The summed E-state index contributed by atoms with van der Waals surface area (Å²) in [4.78, 5) is 23.7. The van der Waals surface area contributed by atoms with Crippen molar-refractivity contribution in [3.05, 3.63) is 33.8 Å². The number of aryl methyl sites for hydroxylation is 2. The number of nitrogens with one attached hydrogen (secondary N) is 1. The van der Waals surface area contributed by atoms with Gasteiger partial charge in [-0.05, 0) is 49.9 Å². The number of rotatable bonds is 4. The molecule has 1 fully saturated rings. The van der Waals surface area contributed by atoms with Crippen LogP contribution in [0, 0.1) is 13.8 Å². The highest BCUT2D eigenvalue weighted by Crippen LogP contribution is 2.27. The van der Waals surface area contributed by atoms with Crippen LogP contribution in [0.1, 0.15) is 40.7 Å². The van der Waals surface area contributed by atoms with Gasteiger partial charge in [-0.2, -0.15) is 0 Å². The van der Waals surface area contributed by atoms with Crippen LogP contribution < -0.4 is 5.32 Å². The number of hydrogen-bond donors (Lipinski definition) is 2. The molecule has 1 aliphatic heterocycles. The highest BCUT2D eigenvalue weighted by atomic mass is 35.5. The molecular formula is C16H20ClNO4. The first-order valence-electron chi connectivity index (χ1n) is 7.22. The SMILES string of the molecule is Cc1cc(Cl)c(C(=O)NC2(CC(=O)O)CCOCC2)cc1C. The summed E-state index contributed by atoms with van der Waals surface area (Å²) in [6.45, 7) is 4.71. The average molecular weight is 326 g/mol. The number of carbonyl (C=O) groups is 2. The quantitative estimate of drug-likeness (QED) is 0.892. The molecule has 120 valence electrons. The monoisotopic (exact) mass is 325 g/mol. The molecule has 0 aliphatic carbocycles. The molecule has 0 aromatic heterocycles. The van der Waals surface area contributed by atoms with Crippen molar-refractivity contribution in [2.24, 2.45) is 0 Å². The molecule has 0 saturated carbocycles. The fraction of sp³-hybridized carbons (Fsp3) is 0.500. The Balaban J connectivity index is 2.24. The maximum absolute atomic E-state index is 12.6. The van der Waals surface area contributed by atoms with E-state index in [-0.39, 0.29) is 12.3 Å². The molecule has 1 heterocycles. The largest absolute Gasteiger partial charge is 0.481 e. The first-order chi connectivity index (χ1) is 10.3. The van der Waals surface area contributed by atoms with Gasteiger partial charge in [0.1, 0.15) is 0 Å². The van der Waals surface area contributed by atoms with E-state index in [1.165, 1.54) is 0 Å². The van der Waals surface area contributed by atoms with Crippen molar-refractivity contribution in [2.45, 2.75) is 38.6 Å². The molecule has 0 atom stereocenters. The number of hydrogen-bond acceptors (Lipinski definition) is 3. The van der Waals surface area contributed by atoms with Crippen LogP contribution in [-0.4, -0.2) is 35.7 Å². The van der Waals surface area contributed by atoms with Crippen molar-refractivity contribution in [3.8, 4) is 0 Å². The fourth-order valence-electron chi connectivity index (χ4n) is 2.66. The molecular weight excluding hydrogens is 306 g/mol. The first-order valence-corrected chi connectivity index (χ1v) is 7.60. The first kappa shape index (κ1) is 16.8. The lowest BCUT2D eigenvalue weighted by molar-refractivity contribution is -0.139. The van der Waals surface area contributed by atoms with Crippen molar-refractivity contribution in [2.75, 3.05) is 13.2 Å². The van der Waals surface area contributed by atoms with Crippen LogP contribution in [-0.2, 0) is 9.53 Å². The zero-order valence-corrected chi connectivity index (χ0v) is 13.5. The van der Waals surface area contributed by atoms with Crippen molar-refractivity contribution in [3.63, 3.8) is 0 Å². The predicted molar refractivity (Wildman–Crippen MR) is 83.4 cm³/mol.